The van der Waals surface area contributed by atoms with Crippen LogP contribution < -0.4 is 4.90 Å². The number of halogens is 1. The summed E-state index contributed by atoms with van der Waals surface area (Å²) >= 11 is 0. The van der Waals surface area contributed by atoms with Gasteiger partial charge in [-0.1, -0.05) is 12.1 Å². The molecule has 1 N–H and O–H groups in total. The summed E-state index contributed by atoms with van der Waals surface area (Å²) in [6.45, 7) is 1.29. The lowest BCUT2D eigenvalue weighted by molar-refractivity contribution is -0.162. The number of unbranched alkanes of at least 4 members (excludes halogenated alkanes) is 1. The molecule has 0 radical (unpaired) electrons. The number of sulfonamides is 1. The number of carbonyl (C=O) groups excluding carboxylic acids is 1. The molecule has 1 aliphatic rings. The molecule has 0 bridgehead atoms. The minimum absolute atomic E-state index is 0.0363. The fraction of sp³-hybridized carbons (Fsp3) is 0.360. The van der Waals surface area contributed by atoms with E-state index in [9.17, 15) is 22.8 Å². The summed E-state index contributed by atoms with van der Waals surface area (Å²) < 4.78 is 40.0. The Labute approximate surface area is 215 Å². The van der Waals surface area contributed by atoms with Crippen molar-refractivity contribution in [1.29, 1.82) is 0 Å². The number of hydroxylamine groups is 2. The molecule has 2 aromatic heterocycles. The minimum atomic E-state index is -3.87. The second-order valence-corrected chi connectivity index (χ2v) is 10.7. The molecule has 37 heavy (non-hydrogen) atoms. The molecule has 196 valence electrons. The molecule has 1 aromatic carbocycles. The van der Waals surface area contributed by atoms with E-state index in [-0.39, 0.29) is 25.5 Å². The van der Waals surface area contributed by atoms with Gasteiger partial charge in [0.05, 0.1) is 0 Å². The maximum absolute atomic E-state index is 13.1. The van der Waals surface area contributed by atoms with E-state index in [0.29, 0.717) is 49.1 Å². The van der Waals surface area contributed by atoms with Gasteiger partial charge < -0.3 is 4.90 Å². The van der Waals surface area contributed by atoms with E-state index in [4.69, 9.17) is 0 Å². The van der Waals surface area contributed by atoms with Crippen LogP contribution in [0, 0.1) is 5.82 Å². The first-order valence-corrected chi connectivity index (χ1v) is 13.6. The predicted octanol–water partition coefficient (Wildman–Crippen LogP) is 2.37. The molecular formula is C25H29FN6O4S. The van der Waals surface area contributed by atoms with Gasteiger partial charge in [-0.15, -0.1) is 0 Å². The number of nitrogens with zero attached hydrogens (tertiary/aromatic N) is 6. The second-order valence-electron chi connectivity index (χ2n) is 8.69. The van der Waals surface area contributed by atoms with E-state index < -0.39 is 21.7 Å². The average Bonchev–Trinajstić information content (AvgIpc) is 2.92. The molecule has 1 aliphatic heterocycles. The maximum atomic E-state index is 13.1. The van der Waals surface area contributed by atoms with E-state index in [0.717, 1.165) is 11.1 Å². The van der Waals surface area contributed by atoms with Gasteiger partial charge in [0.2, 0.25) is 10.0 Å². The van der Waals surface area contributed by atoms with Crippen LogP contribution in [0.1, 0.15) is 18.7 Å². The summed E-state index contributed by atoms with van der Waals surface area (Å²) in [4.78, 5) is 27.0. The third kappa shape index (κ3) is 7.28. The number of hydrogen-bond acceptors (Lipinski definition) is 8. The minimum Gasteiger partial charge on any atom is -0.354 e. The lowest BCUT2D eigenvalue weighted by Crippen LogP contribution is -2.51. The van der Waals surface area contributed by atoms with Crippen LogP contribution in [-0.2, 0) is 21.2 Å². The zero-order valence-corrected chi connectivity index (χ0v) is 21.1. The van der Waals surface area contributed by atoms with Crippen molar-refractivity contribution < 1.29 is 22.8 Å². The fourth-order valence-corrected chi connectivity index (χ4v) is 5.40. The zero-order chi connectivity index (χ0) is 26.3. The van der Waals surface area contributed by atoms with E-state index in [2.05, 4.69) is 15.0 Å². The second kappa shape index (κ2) is 12.2. The van der Waals surface area contributed by atoms with E-state index in [1.165, 1.54) is 16.4 Å². The highest BCUT2D eigenvalue weighted by atomic mass is 32.2. The highest BCUT2D eigenvalue weighted by Gasteiger charge is 2.30. The lowest BCUT2D eigenvalue weighted by atomic mass is 10.1. The molecule has 0 saturated carbocycles. The number of anilines is 1. The van der Waals surface area contributed by atoms with E-state index in [1.807, 2.05) is 17.0 Å². The molecule has 3 heterocycles. The number of aromatic nitrogens is 3. The van der Waals surface area contributed by atoms with Crippen LogP contribution in [0.4, 0.5) is 10.2 Å². The Balaban J connectivity index is 1.22. The Kier molecular flexibility index (Phi) is 8.74. The number of hydrogen-bond donors (Lipinski definition) is 1. The number of amides is 1. The molecule has 3 aromatic rings. The largest absolute Gasteiger partial charge is 0.354 e. The monoisotopic (exact) mass is 528 g/mol. The summed E-state index contributed by atoms with van der Waals surface area (Å²) in [6, 6.07) is 11.6. The number of benzene rings is 1. The van der Waals surface area contributed by atoms with Crippen molar-refractivity contribution in [3.8, 4) is 11.1 Å². The van der Waals surface area contributed by atoms with Crippen LogP contribution in [0.3, 0.4) is 0 Å². The van der Waals surface area contributed by atoms with Crippen molar-refractivity contribution in [1.82, 2.24) is 24.3 Å². The first-order valence-electron chi connectivity index (χ1n) is 12.0. The SMILES string of the molecule is O=C(CS(=O)(=O)N1CCN(c2ccc(-c3ccc(F)cc3)cn2)CC1)N(O)CCCCc1ncccn1. The number of pyridine rings is 1. The summed E-state index contributed by atoms with van der Waals surface area (Å²) in [5.41, 5.74) is 1.70. The lowest BCUT2D eigenvalue weighted by Gasteiger charge is -2.34. The number of rotatable bonds is 10. The smallest absolute Gasteiger partial charge is 0.262 e. The first kappa shape index (κ1) is 26.6. The third-order valence-electron chi connectivity index (χ3n) is 6.11. The first-order chi connectivity index (χ1) is 17.8. The fourth-order valence-electron chi connectivity index (χ4n) is 4.03. The Hall–Kier alpha value is -3.48. The van der Waals surface area contributed by atoms with Crippen LogP contribution in [0.2, 0.25) is 0 Å². The summed E-state index contributed by atoms with van der Waals surface area (Å²) in [5, 5.41) is 10.5. The molecule has 0 unspecified atom stereocenters. The van der Waals surface area contributed by atoms with Gasteiger partial charge in [-0.3, -0.25) is 10.0 Å². The van der Waals surface area contributed by atoms with Crippen LogP contribution in [0.15, 0.2) is 61.1 Å². The summed E-state index contributed by atoms with van der Waals surface area (Å²) in [5.74, 6) is -0.545. The summed E-state index contributed by atoms with van der Waals surface area (Å²) in [6.07, 6.45) is 6.75. The summed E-state index contributed by atoms with van der Waals surface area (Å²) in [7, 11) is -3.87. The van der Waals surface area contributed by atoms with Crippen LogP contribution in [0.25, 0.3) is 11.1 Å². The standard InChI is InChI=1S/C25H29FN6O4S/c26-22-8-5-20(6-9-22)21-7-10-24(29-18-21)30-14-16-31(17-15-30)37(35,36)19-25(33)32(34)13-2-1-4-23-27-11-3-12-28-23/h3,5-12,18,34H,1-2,4,13-17,19H2. The average molecular weight is 529 g/mol. The highest BCUT2D eigenvalue weighted by molar-refractivity contribution is 7.89. The Morgan fingerprint density at radius 2 is 1.62 bits per heavy atom. The molecule has 4 rings (SSSR count). The number of piperazine rings is 1. The predicted molar refractivity (Wildman–Crippen MR) is 136 cm³/mol. The van der Waals surface area contributed by atoms with Gasteiger partial charge >= 0.3 is 0 Å². The molecule has 1 fully saturated rings. The van der Waals surface area contributed by atoms with Crippen molar-refractivity contribution in [3.63, 3.8) is 0 Å². The molecule has 0 spiro atoms. The third-order valence-corrected chi connectivity index (χ3v) is 7.88. The van der Waals surface area contributed by atoms with Gasteiger partial charge in [0.1, 0.15) is 23.2 Å². The normalized spacial score (nSPS) is 14.5. The van der Waals surface area contributed by atoms with Gasteiger partial charge in [0, 0.05) is 63.3 Å². The van der Waals surface area contributed by atoms with Crippen molar-refractivity contribution in [2.45, 2.75) is 19.3 Å². The molecule has 10 nitrogen and oxygen atoms in total. The number of carbonyl (C=O) groups is 1. The van der Waals surface area contributed by atoms with Gasteiger partial charge in [0.15, 0.2) is 0 Å². The maximum Gasteiger partial charge on any atom is 0.262 e. The van der Waals surface area contributed by atoms with Crippen molar-refractivity contribution in [2.24, 2.45) is 0 Å². The van der Waals surface area contributed by atoms with Crippen LogP contribution in [-0.4, -0.2) is 82.3 Å². The van der Waals surface area contributed by atoms with E-state index >= 15 is 0 Å². The Morgan fingerprint density at radius 1 is 0.946 bits per heavy atom. The van der Waals surface area contributed by atoms with Crippen molar-refractivity contribution in [2.75, 3.05) is 43.4 Å². The van der Waals surface area contributed by atoms with Crippen LogP contribution >= 0.6 is 0 Å². The molecule has 12 heteroatoms. The molecule has 1 amide bonds. The van der Waals surface area contributed by atoms with Crippen LogP contribution in [0.5, 0.6) is 0 Å². The Morgan fingerprint density at radius 3 is 2.27 bits per heavy atom. The van der Waals surface area contributed by atoms with E-state index in [1.54, 1.807) is 36.8 Å². The molecular weight excluding hydrogens is 499 g/mol. The van der Waals surface area contributed by atoms with Gasteiger partial charge in [0.25, 0.3) is 5.91 Å². The highest BCUT2D eigenvalue weighted by Crippen LogP contribution is 2.22. The Bertz CT molecular complexity index is 1270. The number of aryl methyl sites for hydroxylation is 1. The molecule has 0 atom stereocenters. The quantitative estimate of drug-likeness (QED) is 0.242. The molecule has 1 saturated heterocycles. The molecule has 0 aliphatic carbocycles. The van der Waals surface area contributed by atoms with Gasteiger partial charge in [-0.25, -0.2) is 32.8 Å². The van der Waals surface area contributed by atoms with Crippen molar-refractivity contribution >= 4 is 21.7 Å². The van der Waals surface area contributed by atoms with Gasteiger partial charge in [-0.2, -0.15) is 4.31 Å². The zero-order valence-electron chi connectivity index (χ0n) is 20.3. The van der Waals surface area contributed by atoms with Gasteiger partial charge in [-0.05, 0) is 48.7 Å². The topological polar surface area (TPSA) is 120 Å². The van der Waals surface area contributed by atoms with Crippen molar-refractivity contribution in [3.05, 3.63) is 72.7 Å².